The predicted octanol–water partition coefficient (Wildman–Crippen LogP) is 5.13. The third kappa shape index (κ3) is 5.27. The fraction of sp³-hybridized carbons (Fsp3) is 0.316. The van der Waals surface area contributed by atoms with Gasteiger partial charge < -0.3 is 14.8 Å². The Morgan fingerprint density at radius 3 is 2.46 bits per heavy atom. The minimum Gasteiger partial charge on any atom is -0.497 e. The van der Waals surface area contributed by atoms with Gasteiger partial charge in [0.25, 0.3) is 5.91 Å². The number of hydrogen-bond donors (Lipinski definition) is 1. The quantitative estimate of drug-likeness (QED) is 0.710. The van der Waals surface area contributed by atoms with Crippen molar-refractivity contribution in [2.24, 2.45) is 5.92 Å². The number of carbonyl (C=O) groups excluding carboxylic acids is 1. The summed E-state index contributed by atoms with van der Waals surface area (Å²) in [6.45, 7) is 4.98. The molecule has 0 saturated carbocycles. The molecule has 0 aromatic heterocycles. The van der Waals surface area contributed by atoms with Gasteiger partial charge in [0.05, 0.1) is 18.2 Å². The molecule has 24 heavy (non-hydrogen) atoms. The van der Waals surface area contributed by atoms with E-state index in [1.54, 1.807) is 43.5 Å². The summed E-state index contributed by atoms with van der Waals surface area (Å²) in [6, 6.07) is 12.5. The summed E-state index contributed by atoms with van der Waals surface area (Å²) >= 11 is 3.47. The molecule has 1 amide bonds. The Hall–Kier alpha value is -2.01. The average Bonchev–Trinajstić information content (AvgIpc) is 2.56. The molecule has 0 spiro atoms. The lowest BCUT2D eigenvalue weighted by Crippen LogP contribution is -2.12. The van der Waals surface area contributed by atoms with Crippen LogP contribution in [0.4, 0.5) is 5.69 Å². The molecule has 0 heterocycles. The Bertz CT molecular complexity index is 684. The van der Waals surface area contributed by atoms with Crippen LogP contribution in [-0.2, 0) is 0 Å². The van der Waals surface area contributed by atoms with Crippen molar-refractivity contribution in [3.05, 3.63) is 52.5 Å². The molecule has 0 fully saturated rings. The van der Waals surface area contributed by atoms with E-state index >= 15 is 0 Å². The van der Waals surface area contributed by atoms with E-state index in [2.05, 4.69) is 35.1 Å². The van der Waals surface area contributed by atoms with E-state index in [1.165, 1.54) is 0 Å². The first-order valence-electron chi connectivity index (χ1n) is 7.87. The van der Waals surface area contributed by atoms with Crippen LogP contribution in [0.15, 0.2) is 46.9 Å². The van der Waals surface area contributed by atoms with Gasteiger partial charge >= 0.3 is 0 Å². The fourth-order valence-electron chi connectivity index (χ4n) is 2.04. The molecular formula is C19H22BrNO3. The Labute approximate surface area is 151 Å². The van der Waals surface area contributed by atoms with Crippen LogP contribution in [0.5, 0.6) is 11.5 Å². The molecule has 0 bridgehead atoms. The second kappa shape index (κ2) is 8.73. The van der Waals surface area contributed by atoms with Crippen molar-refractivity contribution in [3.63, 3.8) is 0 Å². The van der Waals surface area contributed by atoms with Crippen LogP contribution < -0.4 is 14.8 Å². The van der Waals surface area contributed by atoms with Gasteiger partial charge in [-0.25, -0.2) is 0 Å². The largest absolute Gasteiger partial charge is 0.497 e. The number of hydrogen-bond acceptors (Lipinski definition) is 3. The Balaban J connectivity index is 2.00. The van der Waals surface area contributed by atoms with Gasteiger partial charge in [-0.2, -0.15) is 0 Å². The van der Waals surface area contributed by atoms with E-state index in [1.807, 2.05) is 6.07 Å². The molecule has 0 aliphatic carbocycles. The van der Waals surface area contributed by atoms with Crippen LogP contribution in [0.3, 0.4) is 0 Å². The molecule has 0 atom stereocenters. The van der Waals surface area contributed by atoms with Crippen molar-refractivity contribution in [2.75, 3.05) is 19.0 Å². The Morgan fingerprint density at radius 2 is 1.88 bits per heavy atom. The minimum atomic E-state index is -0.172. The second-order valence-corrected chi connectivity index (χ2v) is 6.71. The molecule has 0 radical (unpaired) electrons. The number of ether oxygens (including phenoxy) is 2. The molecule has 1 N–H and O–H groups in total. The van der Waals surface area contributed by atoms with Crippen LogP contribution in [0, 0.1) is 5.92 Å². The van der Waals surface area contributed by atoms with Crippen molar-refractivity contribution in [2.45, 2.75) is 20.3 Å². The van der Waals surface area contributed by atoms with E-state index in [0.29, 0.717) is 23.8 Å². The zero-order valence-electron chi connectivity index (χ0n) is 14.1. The van der Waals surface area contributed by atoms with Crippen LogP contribution in [0.2, 0.25) is 0 Å². The highest BCUT2D eigenvalue weighted by Gasteiger charge is 2.10. The SMILES string of the molecule is COc1ccc(NC(=O)c2ccc(OCCC(C)C)c(Br)c2)cc1. The van der Waals surface area contributed by atoms with Crippen LogP contribution in [-0.4, -0.2) is 19.6 Å². The average molecular weight is 392 g/mol. The lowest BCUT2D eigenvalue weighted by Gasteiger charge is -2.11. The first-order chi connectivity index (χ1) is 11.5. The molecule has 2 rings (SSSR count). The van der Waals surface area contributed by atoms with Gasteiger partial charge in [0.2, 0.25) is 0 Å². The molecule has 4 nitrogen and oxygen atoms in total. The zero-order valence-corrected chi connectivity index (χ0v) is 15.7. The highest BCUT2D eigenvalue weighted by Crippen LogP contribution is 2.27. The maximum absolute atomic E-state index is 12.3. The first kappa shape index (κ1) is 18.3. The number of methoxy groups -OCH3 is 1. The van der Waals surface area contributed by atoms with E-state index in [-0.39, 0.29) is 5.91 Å². The Morgan fingerprint density at radius 1 is 1.17 bits per heavy atom. The van der Waals surface area contributed by atoms with Gasteiger partial charge in [-0.1, -0.05) is 13.8 Å². The van der Waals surface area contributed by atoms with Crippen LogP contribution in [0.1, 0.15) is 30.6 Å². The number of nitrogens with one attached hydrogen (secondary N) is 1. The normalized spacial score (nSPS) is 10.5. The summed E-state index contributed by atoms with van der Waals surface area (Å²) in [5.41, 5.74) is 1.28. The summed E-state index contributed by atoms with van der Waals surface area (Å²) < 4.78 is 11.6. The second-order valence-electron chi connectivity index (χ2n) is 5.86. The maximum atomic E-state index is 12.3. The van der Waals surface area contributed by atoms with E-state index in [4.69, 9.17) is 9.47 Å². The predicted molar refractivity (Wildman–Crippen MR) is 100 cm³/mol. The van der Waals surface area contributed by atoms with Crippen LogP contribution >= 0.6 is 15.9 Å². The molecule has 128 valence electrons. The van der Waals surface area contributed by atoms with Gasteiger partial charge in [0.1, 0.15) is 11.5 Å². The molecule has 0 aliphatic heterocycles. The van der Waals surface area contributed by atoms with Gasteiger partial charge in [-0.05, 0) is 70.7 Å². The van der Waals surface area contributed by atoms with Gasteiger partial charge in [-0.3, -0.25) is 4.79 Å². The fourth-order valence-corrected chi connectivity index (χ4v) is 2.53. The summed E-state index contributed by atoms with van der Waals surface area (Å²) in [7, 11) is 1.61. The molecule has 0 unspecified atom stereocenters. The van der Waals surface area contributed by atoms with Crippen molar-refractivity contribution in [1.29, 1.82) is 0 Å². The topological polar surface area (TPSA) is 47.6 Å². The van der Waals surface area contributed by atoms with Crippen molar-refractivity contribution in [1.82, 2.24) is 0 Å². The summed E-state index contributed by atoms with van der Waals surface area (Å²) in [5, 5.41) is 2.86. The monoisotopic (exact) mass is 391 g/mol. The van der Waals surface area contributed by atoms with Gasteiger partial charge in [0.15, 0.2) is 0 Å². The number of rotatable bonds is 7. The maximum Gasteiger partial charge on any atom is 0.255 e. The lowest BCUT2D eigenvalue weighted by molar-refractivity contribution is 0.102. The van der Waals surface area contributed by atoms with E-state index in [9.17, 15) is 4.79 Å². The number of carbonyl (C=O) groups is 1. The molecule has 5 heteroatoms. The molecule has 0 saturated heterocycles. The summed E-state index contributed by atoms with van der Waals surface area (Å²) in [4.78, 5) is 12.3. The molecule has 2 aromatic carbocycles. The van der Waals surface area contributed by atoms with E-state index < -0.39 is 0 Å². The smallest absolute Gasteiger partial charge is 0.255 e. The lowest BCUT2D eigenvalue weighted by atomic mass is 10.1. The molecular weight excluding hydrogens is 370 g/mol. The number of amides is 1. The van der Waals surface area contributed by atoms with Crippen molar-refractivity contribution < 1.29 is 14.3 Å². The van der Waals surface area contributed by atoms with Crippen LogP contribution in [0.25, 0.3) is 0 Å². The summed E-state index contributed by atoms with van der Waals surface area (Å²) in [6.07, 6.45) is 0.992. The molecule has 2 aromatic rings. The van der Waals surface area contributed by atoms with E-state index in [0.717, 1.165) is 22.4 Å². The third-order valence-corrected chi connectivity index (χ3v) is 4.11. The first-order valence-corrected chi connectivity index (χ1v) is 8.66. The third-order valence-electron chi connectivity index (χ3n) is 3.49. The van der Waals surface area contributed by atoms with Gasteiger partial charge in [-0.15, -0.1) is 0 Å². The molecule has 0 aliphatic rings. The zero-order chi connectivity index (χ0) is 17.5. The van der Waals surface area contributed by atoms with Crippen molar-refractivity contribution in [3.8, 4) is 11.5 Å². The summed E-state index contributed by atoms with van der Waals surface area (Å²) in [5.74, 6) is 1.92. The van der Waals surface area contributed by atoms with Gasteiger partial charge in [0, 0.05) is 11.3 Å². The number of anilines is 1. The van der Waals surface area contributed by atoms with Crippen molar-refractivity contribution >= 4 is 27.5 Å². The number of benzene rings is 2. The highest BCUT2D eigenvalue weighted by molar-refractivity contribution is 9.10. The highest BCUT2D eigenvalue weighted by atomic mass is 79.9. The standard InChI is InChI=1S/C19H22BrNO3/c1-13(2)10-11-24-18-9-4-14(12-17(18)20)19(22)21-15-5-7-16(23-3)8-6-15/h4-9,12-13H,10-11H2,1-3H3,(H,21,22). The minimum absolute atomic E-state index is 0.172. The Kier molecular flexibility index (Phi) is 6.67. The number of halogens is 1.